The molecule has 1 heterocycles. The van der Waals surface area contributed by atoms with Gasteiger partial charge in [-0.1, -0.05) is 32.0 Å². The third kappa shape index (κ3) is 4.87. The topological polar surface area (TPSA) is 70.7 Å². The quantitative estimate of drug-likeness (QED) is 0.766. The normalized spacial score (nSPS) is 15.2. The lowest BCUT2D eigenvalue weighted by Crippen LogP contribution is -2.38. The van der Waals surface area contributed by atoms with Crippen LogP contribution in [-0.2, 0) is 4.79 Å². The van der Waals surface area contributed by atoms with Gasteiger partial charge in [-0.05, 0) is 24.0 Å². The molecule has 6 nitrogen and oxygen atoms in total. The monoisotopic (exact) mass is 319 g/mol. The second-order valence-corrected chi connectivity index (χ2v) is 5.70. The van der Waals surface area contributed by atoms with Crippen LogP contribution in [-0.4, -0.2) is 49.6 Å². The minimum absolute atomic E-state index is 0.0142. The van der Waals surface area contributed by atoms with Gasteiger partial charge in [0.2, 0.25) is 0 Å². The van der Waals surface area contributed by atoms with E-state index in [4.69, 9.17) is 4.74 Å². The molecule has 1 aromatic carbocycles. The molecule has 0 bridgehead atoms. The number of ether oxygens (including phenoxy) is 1. The molecule has 0 saturated carbocycles. The van der Waals surface area contributed by atoms with Crippen molar-refractivity contribution in [2.45, 2.75) is 26.2 Å². The van der Waals surface area contributed by atoms with Crippen molar-refractivity contribution >= 4 is 11.9 Å². The molecule has 1 fully saturated rings. The molecule has 0 unspecified atom stereocenters. The fourth-order valence-corrected chi connectivity index (χ4v) is 2.49. The predicted molar refractivity (Wildman–Crippen MR) is 88.6 cm³/mol. The number of carbonyl (C=O) groups is 2. The Morgan fingerprint density at radius 3 is 2.91 bits per heavy atom. The van der Waals surface area contributed by atoms with Gasteiger partial charge in [0.15, 0.2) is 6.61 Å². The molecule has 0 radical (unpaired) electrons. The van der Waals surface area contributed by atoms with Crippen molar-refractivity contribution < 1.29 is 14.3 Å². The predicted octanol–water partition coefficient (Wildman–Crippen LogP) is 1.72. The van der Waals surface area contributed by atoms with Crippen LogP contribution in [0.25, 0.3) is 0 Å². The number of nitrogens with one attached hydrogen (secondary N) is 2. The molecule has 126 valence electrons. The first-order chi connectivity index (χ1) is 11.1. The van der Waals surface area contributed by atoms with Crippen LogP contribution in [0.2, 0.25) is 0 Å². The molecule has 1 aliphatic heterocycles. The Kier molecular flexibility index (Phi) is 6.26. The van der Waals surface area contributed by atoms with Crippen LogP contribution in [0.3, 0.4) is 0 Å². The molecule has 1 aromatic rings. The summed E-state index contributed by atoms with van der Waals surface area (Å²) in [7, 11) is 0. The van der Waals surface area contributed by atoms with Crippen LogP contribution >= 0.6 is 0 Å². The highest BCUT2D eigenvalue weighted by Crippen LogP contribution is 2.28. The van der Waals surface area contributed by atoms with E-state index < -0.39 is 0 Å². The highest BCUT2D eigenvalue weighted by Gasteiger charge is 2.18. The van der Waals surface area contributed by atoms with Crippen LogP contribution in [0.4, 0.5) is 4.79 Å². The van der Waals surface area contributed by atoms with E-state index >= 15 is 0 Å². The van der Waals surface area contributed by atoms with E-state index in [-0.39, 0.29) is 18.5 Å². The van der Waals surface area contributed by atoms with Gasteiger partial charge in [0.05, 0.1) is 0 Å². The standard InChI is InChI=1S/C17H25N3O3/c1-3-13(2)14-6-4-5-7-15(14)23-12-16(21)18-8-10-20-11-9-19-17(20)22/h4-7,13H,3,8-12H2,1-2H3,(H,18,21)(H,19,22)/t13-/m0/s1. The Balaban J connectivity index is 1.75. The van der Waals surface area contributed by atoms with Crippen molar-refractivity contribution in [1.29, 1.82) is 0 Å². The summed E-state index contributed by atoms with van der Waals surface area (Å²) in [5.41, 5.74) is 1.12. The minimum atomic E-state index is -0.177. The largest absolute Gasteiger partial charge is 0.483 e. The third-order valence-corrected chi connectivity index (χ3v) is 4.07. The number of urea groups is 1. The van der Waals surface area contributed by atoms with Gasteiger partial charge in [-0.25, -0.2) is 4.79 Å². The van der Waals surface area contributed by atoms with Crippen LogP contribution in [0.5, 0.6) is 5.75 Å². The maximum atomic E-state index is 11.9. The van der Waals surface area contributed by atoms with Gasteiger partial charge >= 0.3 is 6.03 Å². The lowest BCUT2D eigenvalue weighted by atomic mass is 9.98. The van der Waals surface area contributed by atoms with Crippen LogP contribution < -0.4 is 15.4 Å². The first-order valence-corrected chi connectivity index (χ1v) is 8.13. The summed E-state index contributed by atoms with van der Waals surface area (Å²) in [4.78, 5) is 24.9. The molecule has 2 rings (SSSR count). The fourth-order valence-electron chi connectivity index (χ4n) is 2.49. The Bertz CT molecular complexity index is 548. The summed E-state index contributed by atoms with van der Waals surface area (Å²) in [6.45, 7) is 6.56. The summed E-state index contributed by atoms with van der Waals surface area (Å²) < 4.78 is 5.66. The zero-order chi connectivity index (χ0) is 16.7. The number of rotatable bonds is 8. The summed E-state index contributed by atoms with van der Waals surface area (Å²) in [5, 5.41) is 5.50. The average molecular weight is 319 g/mol. The number of carbonyl (C=O) groups excluding carboxylic acids is 2. The Morgan fingerprint density at radius 2 is 2.22 bits per heavy atom. The van der Waals surface area contributed by atoms with Gasteiger partial charge < -0.3 is 20.3 Å². The van der Waals surface area contributed by atoms with Gasteiger partial charge in [0.1, 0.15) is 5.75 Å². The van der Waals surface area contributed by atoms with Gasteiger partial charge in [-0.15, -0.1) is 0 Å². The molecule has 1 atom stereocenters. The number of nitrogens with zero attached hydrogens (tertiary/aromatic N) is 1. The SMILES string of the molecule is CC[C@H](C)c1ccccc1OCC(=O)NCCN1CCNC1=O. The van der Waals surface area contributed by atoms with Gasteiger partial charge in [0, 0.05) is 26.2 Å². The van der Waals surface area contributed by atoms with E-state index in [9.17, 15) is 9.59 Å². The Labute approximate surface area is 137 Å². The van der Waals surface area contributed by atoms with E-state index in [2.05, 4.69) is 24.5 Å². The van der Waals surface area contributed by atoms with Crippen molar-refractivity contribution in [2.24, 2.45) is 0 Å². The Morgan fingerprint density at radius 1 is 1.43 bits per heavy atom. The Hall–Kier alpha value is -2.24. The summed E-state index contributed by atoms with van der Waals surface area (Å²) >= 11 is 0. The second-order valence-electron chi connectivity index (χ2n) is 5.70. The highest BCUT2D eigenvalue weighted by molar-refractivity contribution is 5.78. The van der Waals surface area contributed by atoms with Gasteiger partial charge in [-0.2, -0.15) is 0 Å². The molecule has 1 aliphatic rings. The maximum absolute atomic E-state index is 11.9. The van der Waals surface area contributed by atoms with Crippen molar-refractivity contribution in [3.63, 3.8) is 0 Å². The first-order valence-electron chi connectivity index (χ1n) is 8.13. The molecule has 0 aliphatic carbocycles. The molecule has 23 heavy (non-hydrogen) atoms. The lowest BCUT2D eigenvalue weighted by Gasteiger charge is -2.16. The van der Waals surface area contributed by atoms with E-state index in [1.54, 1.807) is 4.90 Å². The average Bonchev–Trinajstić information content (AvgIpc) is 2.97. The summed E-state index contributed by atoms with van der Waals surface area (Å²) in [6, 6.07) is 7.75. The van der Waals surface area contributed by atoms with Crippen molar-refractivity contribution in [2.75, 3.05) is 32.8 Å². The molecule has 0 aromatic heterocycles. The first kappa shape index (κ1) is 17.1. The van der Waals surface area contributed by atoms with E-state index in [1.807, 2.05) is 24.3 Å². The van der Waals surface area contributed by atoms with E-state index in [0.29, 0.717) is 32.1 Å². The molecule has 1 saturated heterocycles. The zero-order valence-electron chi connectivity index (χ0n) is 13.8. The van der Waals surface area contributed by atoms with Crippen LogP contribution in [0, 0.1) is 0 Å². The van der Waals surface area contributed by atoms with E-state index in [0.717, 1.165) is 17.7 Å². The number of para-hydroxylation sites is 1. The van der Waals surface area contributed by atoms with Crippen LogP contribution in [0.15, 0.2) is 24.3 Å². The fraction of sp³-hybridized carbons (Fsp3) is 0.529. The molecular weight excluding hydrogens is 294 g/mol. The lowest BCUT2D eigenvalue weighted by molar-refractivity contribution is -0.123. The van der Waals surface area contributed by atoms with Crippen molar-refractivity contribution in [3.05, 3.63) is 29.8 Å². The van der Waals surface area contributed by atoms with Crippen molar-refractivity contribution in [1.82, 2.24) is 15.5 Å². The third-order valence-electron chi connectivity index (χ3n) is 4.07. The van der Waals surface area contributed by atoms with Gasteiger partial charge in [-0.3, -0.25) is 4.79 Å². The highest BCUT2D eigenvalue weighted by atomic mass is 16.5. The number of hydrogen-bond acceptors (Lipinski definition) is 3. The molecule has 2 N–H and O–H groups in total. The second kappa shape index (κ2) is 8.41. The van der Waals surface area contributed by atoms with Crippen molar-refractivity contribution in [3.8, 4) is 5.75 Å². The molecule has 0 spiro atoms. The molecule has 3 amide bonds. The number of benzene rings is 1. The zero-order valence-corrected chi connectivity index (χ0v) is 13.8. The molecular formula is C17H25N3O3. The maximum Gasteiger partial charge on any atom is 0.317 e. The summed E-state index contributed by atoms with van der Waals surface area (Å²) in [6.07, 6.45) is 1.02. The molecule has 6 heteroatoms. The minimum Gasteiger partial charge on any atom is -0.483 e. The number of amides is 3. The van der Waals surface area contributed by atoms with Gasteiger partial charge in [0.25, 0.3) is 5.91 Å². The van der Waals surface area contributed by atoms with E-state index in [1.165, 1.54) is 0 Å². The number of hydrogen-bond donors (Lipinski definition) is 2. The van der Waals surface area contributed by atoms with Crippen LogP contribution in [0.1, 0.15) is 31.7 Å². The smallest absolute Gasteiger partial charge is 0.317 e. The summed E-state index contributed by atoms with van der Waals surface area (Å²) in [5.74, 6) is 0.974.